The SMILES string of the molecule is C=C/C=C(C(=O)O)\C(N)=C/C. The van der Waals surface area contributed by atoms with Crippen molar-refractivity contribution in [2.75, 3.05) is 0 Å². The summed E-state index contributed by atoms with van der Waals surface area (Å²) in [5, 5.41) is 8.57. The van der Waals surface area contributed by atoms with E-state index in [0.717, 1.165) is 0 Å². The molecule has 11 heavy (non-hydrogen) atoms. The summed E-state index contributed by atoms with van der Waals surface area (Å²) in [6.07, 6.45) is 4.28. The molecule has 0 aromatic rings. The van der Waals surface area contributed by atoms with Crippen LogP contribution in [0.15, 0.2) is 36.1 Å². The van der Waals surface area contributed by atoms with Crippen LogP contribution in [0.4, 0.5) is 0 Å². The Hall–Kier alpha value is -1.51. The van der Waals surface area contributed by atoms with E-state index in [0.29, 0.717) is 0 Å². The van der Waals surface area contributed by atoms with E-state index in [9.17, 15) is 4.79 Å². The second-order valence-corrected chi connectivity index (χ2v) is 1.87. The number of carboxylic acids is 1. The van der Waals surface area contributed by atoms with Crippen LogP contribution in [0.2, 0.25) is 0 Å². The van der Waals surface area contributed by atoms with Gasteiger partial charge in [0, 0.05) is 5.70 Å². The van der Waals surface area contributed by atoms with Crippen molar-refractivity contribution in [3.63, 3.8) is 0 Å². The molecule has 0 amide bonds. The van der Waals surface area contributed by atoms with Crippen molar-refractivity contribution >= 4 is 5.97 Å². The van der Waals surface area contributed by atoms with Gasteiger partial charge >= 0.3 is 5.97 Å². The number of carbonyl (C=O) groups is 1. The molecule has 0 aromatic heterocycles. The third-order valence-corrected chi connectivity index (χ3v) is 1.14. The van der Waals surface area contributed by atoms with E-state index in [1.807, 2.05) is 0 Å². The van der Waals surface area contributed by atoms with Crippen LogP contribution in [-0.4, -0.2) is 11.1 Å². The summed E-state index contributed by atoms with van der Waals surface area (Å²) in [7, 11) is 0. The first-order chi connectivity index (χ1) is 5.13. The fraction of sp³-hybridized carbons (Fsp3) is 0.125. The molecule has 0 atom stereocenters. The van der Waals surface area contributed by atoms with Gasteiger partial charge in [0.15, 0.2) is 0 Å². The molecule has 0 aliphatic rings. The molecule has 3 N–H and O–H groups in total. The molecule has 0 fully saturated rings. The van der Waals surface area contributed by atoms with Gasteiger partial charge in [0.1, 0.15) is 0 Å². The van der Waals surface area contributed by atoms with Crippen molar-refractivity contribution in [2.45, 2.75) is 6.92 Å². The van der Waals surface area contributed by atoms with Crippen LogP contribution in [-0.2, 0) is 4.79 Å². The summed E-state index contributed by atoms with van der Waals surface area (Å²) in [6.45, 7) is 5.05. The number of carboxylic acid groups (broad SMARTS) is 1. The lowest BCUT2D eigenvalue weighted by Gasteiger charge is -1.98. The lowest BCUT2D eigenvalue weighted by Crippen LogP contribution is -2.09. The zero-order chi connectivity index (χ0) is 8.85. The van der Waals surface area contributed by atoms with Crippen molar-refractivity contribution in [1.82, 2.24) is 0 Å². The second kappa shape index (κ2) is 4.33. The van der Waals surface area contributed by atoms with Gasteiger partial charge in [0.2, 0.25) is 0 Å². The number of allylic oxidation sites excluding steroid dienone is 3. The normalized spacial score (nSPS) is 12.8. The van der Waals surface area contributed by atoms with Gasteiger partial charge in [-0.2, -0.15) is 0 Å². The van der Waals surface area contributed by atoms with E-state index < -0.39 is 5.97 Å². The van der Waals surface area contributed by atoms with Crippen LogP contribution in [0, 0.1) is 0 Å². The van der Waals surface area contributed by atoms with Gasteiger partial charge in [-0.25, -0.2) is 4.79 Å². The molecule has 0 spiro atoms. The number of rotatable bonds is 3. The minimum Gasteiger partial charge on any atom is -0.478 e. The van der Waals surface area contributed by atoms with E-state index in [4.69, 9.17) is 10.8 Å². The predicted molar refractivity (Wildman–Crippen MR) is 43.9 cm³/mol. The molecule has 3 heteroatoms. The topological polar surface area (TPSA) is 63.3 Å². The van der Waals surface area contributed by atoms with Crippen LogP contribution < -0.4 is 5.73 Å². The Morgan fingerprint density at radius 3 is 2.45 bits per heavy atom. The number of nitrogens with two attached hydrogens (primary N) is 1. The van der Waals surface area contributed by atoms with Gasteiger partial charge in [0.05, 0.1) is 5.57 Å². The lowest BCUT2D eigenvalue weighted by molar-refractivity contribution is -0.132. The van der Waals surface area contributed by atoms with Gasteiger partial charge in [-0.15, -0.1) is 0 Å². The largest absolute Gasteiger partial charge is 0.478 e. The van der Waals surface area contributed by atoms with Crippen molar-refractivity contribution < 1.29 is 9.90 Å². The van der Waals surface area contributed by atoms with Crippen molar-refractivity contribution in [2.24, 2.45) is 5.73 Å². The summed E-state index contributed by atoms with van der Waals surface area (Å²) in [5.74, 6) is -1.04. The minimum atomic E-state index is -1.04. The highest BCUT2D eigenvalue weighted by Crippen LogP contribution is 2.03. The first-order valence-corrected chi connectivity index (χ1v) is 3.11. The Morgan fingerprint density at radius 2 is 2.18 bits per heavy atom. The molecule has 0 unspecified atom stereocenters. The molecule has 0 aromatic carbocycles. The highest BCUT2D eigenvalue weighted by molar-refractivity contribution is 5.91. The summed E-state index contributed by atoms with van der Waals surface area (Å²) in [4.78, 5) is 10.5. The zero-order valence-electron chi connectivity index (χ0n) is 6.37. The molecule has 0 saturated carbocycles. The van der Waals surface area contributed by atoms with Crippen LogP contribution in [0.5, 0.6) is 0 Å². The standard InChI is InChI=1S/C8H11NO2/c1-3-5-6(8(10)11)7(9)4-2/h3-5H,1,9H2,2H3,(H,10,11)/b6-5+,7-4+. The Morgan fingerprint density at radius 1 is 1.64 bits per heavy atom. The molecule has 60 valence electrons. The molecule has 3 nitrogen and oxygen atoms in total. The van der Waals surface area contributed by atoms with E-state index in [2.05, 4.69) is 6.58 Å². The second-order valence-electron chi connectivity index (χ2n) is 1.87. The zero-order valence-corrected chi connectivity index (χ0v) is 6.37. The van der Waals surface area contributed by atoms with Crippen LogP contribution in [0.25, 0.3) is 0 Å². The first-order valence-electron chi connectivity index (χ1n) is 3.11. The number of aliphatic carboxylic acids is 1. The van der Waals surface area contributed by atoms with E-state index in [-0.39, 0.29) is 11.3 Å². The van der Waals surface area contributed by atoms with E-state index in [1.165, 1.54) is 18.2 Å². The van der Waals surface area contributed by atoms with Crippen molar-refractivity contribution in [3.8, 4) is 0 Å². The van der Waals surface area contributed by atoms with Gasteiger partial charge in [-0.3, -0.25) is 0 Å². The molecule has 0 rings (SSSR count). The van der Waals surface area contributed by atoms with E-state index in [1.54, 1.807) is 6.92 Å². The monoisotopic (exact) mass is 153 g/mol. The molecule has 0 aliphatic heterocycles. The Balaban J connectivity index is 4.76. The van der Waals surface area contributed by atoms with Gasteiger partial charge < -0.3 is 10.8 Å². The van der Waals surface area contributed by atoms with Crippen LogP contribution in [0.1, 0.15) is 6.92 Å². The highest BCUT2D eigenvalue weighted by Gasteiger charge is 2.07. The smallest absolute Gasteiger partial charge is 0.337 e. The predicted octanol–water partition coefficient (Wildman–Crippen LogP) is 1.05. The maximum absolute atomic E-state index is 10.5. The Kier molecular flexibility index (Phi) is 3.73. The van der Waals surface area contributed by atoms with Gasteiger partial charge in [-0.1, -0.05) is 18.7 Å². The fourth-order valence-corrected chi connectivity index (χ4v) is 0.564. The minimum absolute atomic E-state index is 0.0718. The van der Waals surface area contributed by atoms with Crippen molar-refractivity contribution in [1.29, 1.82) is 0 Å². The third-order valence-electron chi connectivity index (χ3n) is 1.14. The number of hydrogen-bond donors (Lipinski definition) is 2. The molecule has 0 saturated heterocycles. The lowest BCUT2D eigenvalue weighted by atomic mass is 10.2. The summed E-state index contributed by atoms with van der Waals surface area (Å²) in [6, 6.07) is 0. The maximum Gasteiger partial charge on any atom is 0.337 e. The van der Waals surface area contributed by atoms with Crippen LogP contribution in [0.3, 0.4) is 0 Å². The quantitative estimate of drug-likeness (QED) is 0.470. The molecule has 0 bridgehead atoms. The maximum atomic E-state index is 10.5. The van der Waals surface area contributed by atoms with Gasteiger partial charge in [-0.05, 0) is 13.0 Å². The Labute approximate surface area is 65.5 Å². The molecule has 0 aliphatic carbocycles. The van der Waals surface area contributed by atoms with Crippen molar-refractivity contribution in [3.05, 3.63) is 36.1 Å². The van der Waals surface area contributed by atoms with E-state index >= 15 is 0 Å². The summed E-state index contributed by atoms with van der Waals surface area (Å²) in [5.41, 5.74) is 5.69. The average Bonchev–Trinajstić information content (AvgIpc) is 1.98. The molecule has 0 radical (unpaired) electrons. The molecular formula is C8H11NO2. The van der Waals surface area contributed by atoms with Gasteiger partial charge in [0.25, 0.3) is 0 Å². The first kappa shape index (κ1) is 9.49. The fourth-order valence-electron chi connectivity index (χ4n) is 0.564. The molecule has 0 heterocycles. The Bertz CT molecular complexity index is 226. The summed E-state index contributed by atoms with van der Waals surface area (Å²) < 4.78 is 0. The van der Waals surface area contributed by atoms with Crippen LogP contribution >= 0.6 is 0 Å². The number of hydrogen-bond acceptors (Lipinski definition) is 2. The third kappa shape index (κ3) is 2.71. The summed E-state index contributed by atoms with van der Waals surface area (Å²) >= 11 is 0. The molecular weight excluding hydrogens is 142 g/mol. The highest BCUT2D eigenvalue weighted by atomic mass is 16.4. The average molecular weight is 153 g/mol.